The van der Waals surface area contributed by atoms with Crippen LogP contribution in [0.1, 0.15) is 29.1 Å². The maximum atomic E-state index is 8.75. The number of furan rings is 1. The zero-order valence-corrected chi connectivity index (χ0v) is 32.6. The first-order valence-electron chi connectivity index (χ1n) is 17.7. The summed E-state index contributed by atoms with van der Waals surface area (Å²) in [6, 6.07) is 46.8. The van der Waals surface area contributed by atoms with Crippen LogP contribution in [0.5, 0.6) is 0 Å². The molecule has 0 unspecified atom stereocenters. The van der Waals surface area contributed by atoms with E-state index in [0.717, 1.165) is 72.1 Å². The van der Waals surface area contributed by atoms with Crippen molar-refractivity contribution in [1.82, 2.24) is 14.5 Å². The van der Waals surface area contributed by atoms with E-state index in [1.807, 2.05) is 118 Å². The Morgan fingerprint density at radius 3 is 2.26 bits per heavy atom. The van der Waals surface area contributed by atoms with Gasteiger partial charge in [-0.05, 0) is 53.0 Å². The molecule has 3 aromatic heterocycles. The Kier molecular flexibility index (Phi) is 9.33. The fraction of sp³-hybridized carbons (Fsp3) is 0.182. The summed E-state index contributed by atoms with van der Waals surface area (Å²) in [4.78, 5) is 9.56. The molecule has 4 nitrogen and oxygen atoms in total. The van der Waals surface area contributed by atoms with E-state index >= 15 is 0 Å². The second-order valence-electron chi connectivity index (χ2n) is 14.3. The molecule has 50 heavy (non-hydrogen) atoms. The molecule has 6 heteroatoms. The van der Waals surface area contributed by atoms with Crippen molar-refractivity contribution < 1.29 is 27.3 Å². The van der Waals surface area contributed by atoms with E-state index < -0.39 is 19.9 Å². The van der Waals surface area contributed by atoms with E-state index in [-0.39, 0.29) is 20.1 Å². The summed E-state index contributed by atoms with van der Waals surface area (Å²) in [6.45, 7) is 12.6. The minimum absolute atomic E-state index is 0. The van der Waals surface area contributed by atoms with Crippen LogP contribution in [0, 0.1) is 17.5 Å². The molecule has 5 aromatic carbocycles. The molecule has 1 radical (unpaired) electrons. The number of hydrogen-bond donors (Lipinski definition) is 0. The number of rotatable bonds is 5. The van der Waals surface area contributed by atoms with Crippen molar-refractivity contribution in [2.24, 2.45) is 5.41 Å². The molecule has 0 aliphatic heterocycles. The molecule has 8 rings (SSSR count). The Morgan fingerprint density at radius 2 is 1.52 bits per heavy atom. The summed E-state index contributed by atoms with van der Waals surface area (Å²) in [5.74, 6) is 0.831. The van der Waals surface area contributed by atoms with Crippen LogP contribution in [0.25, 0.3) is 61.3 Å². The zero-order valence-electron chi connectivity index (χ0n) is 31.2. The van der Waals surface area contributed by atoms with Crippen LogP contribution in [0.2, 0.25) is 19.6 Å². The van der Waals surface area contributed by atoms with Crippen molar-refractivity contribution in [3.8, 4) is 28.3 Å². The molecule has 0 amide bonds. The van der Waals surface area contributed by atoms with Crippen molar-refractivity contribution >= 4 is 46.2 Å². The summed E-state index contributed by atoms with van der Waals surface area (Å²) in [5.41, 5.74) is 7.62. The molecule has 8 aromatic rings. The van der Waals surface area contributed by atoms with Crippen LogP contribution in [0.15, 0.2) is 132 Å². The molecule has 0 aliphatic carbocycles. The standard InChI is InChI=1S/C25H15N2O.C19H26NSi.Ir/c1-2-9-17(10-3-1)27-22-15-6-5-14-21(22)26-25(27)20-13-8-12-19-18-11-4-7-16-23(18)28-24(19)20;1-19(2,3)13-16-12-17(15-10-8-7-9-11-15)20-14-18(16)21(4,5)6;/h1-12,14-16H;7-10,12,14H,13H2,1-6H3;/q2*-1;/i;13D2;. The van der Waals surface area contributed by atoms with Crippen molar-refractivity contribution in [3.05, 3.63) is 145 Å². The molecule has 0 saturated carbocycles. The van der Waals surface area contributed by atoms with Crippen LogP contribution in [-0.2, 0) is 26.5 Å². The Labute approximate surface area is 312 Å². The van der Waals surface area contributed by atoms with Gasteiger partial charge in [0.15, 0.2) is 0 Å². The van der Waals surface area contributed by atoms with Gasteiger partial charge in [0.25, 0.3) is 0 Å². The first kappa shape index (κ1) is 32.6. The van der Waals surface area contributed by atoms with E-state index in [9.17, 15) is 0 Å². The maximum Gasteiger partial charge on any atom is 0.120 e. The molecule has 0 aliphatic rings. The third-order valence-corrected chi connectivity index (χ3v) is 10.4. The van der Waals surface area contributed by atoms with E-state index in [2.05, 4.69) is 71.7 Å². The van der Waals surface area contributed by atoms with Gasteiger partial charge in [-0.25, -0.2) is 0 Å². The van der Waals surface area contributed by atoms with Crippen LogP contribution in [-0.4, -0.2) is 22.6 Å². The molecule has 0 atom stereocenters. The summed E-state index contributed by atoms with van der Waals surface area (Å²) in [5, 5.41) is 3.28. The first-order chi connectivity index (χ1) is 24.3. The molecular weight excluding hydrogens is 807 g/mol. The van der Waals surface area contributed by atoms with Gasteiger partial charge in [-0.1, -0.05) is 112 Å². The van der Waals surface area contributed by atoms with Crippen molar-refractivity contribution in [2.75, 3.05) is 0 Å². The molecule has 253 valence electrons. The summed E-state index contributed by atoms with van der Waals surface area (Å²) in [6.07, 6.45) is 0.469. The van der Waals surface area contributed by atoms with E-state index in [1.54, 1.807) is 0 Å². The topological polar surface area (TPSA) is 43.9 Å². The number of hydrogen-bond acceptors (Lipinski definition) is 3. The van der Waals surface area contributed by atoms with Gasteiger partial charge in [0.05, 0.1) is 30.5 Å². The Morgan fingerprint density at radius 1 is 0.800 bits per heavy atom. The number of imidazole rings is 1. The number of benzene rings is 5. The number of pyridine rings is 1. The van der Waals surface area contributed by atoms with Crippen LogP contribution < -0.4 is 5.19 Å². The smallest absolute Gasteiger partial charge is 0.120 e. The molecule has 0 spiro atoms. The zero-order chi connectivity index (χ0) is 36.0. The summed E-state index contributed by atoms with van der Waals surface area (Å²) < 4.78 is 25.9. The first-order valence-corrected chi connectivity index (χ1v) is 20.2. The molecule has 0 bridgehead atoms. The fourth-order valence-corrected chi connectivity index (χ4v) is 7.54. The van der Waals surface area contributed by atoms with Gasteiger partial charge < -0.3 is 14.0 Å². The van der Waals surface area contributed by atoms with Gasteiger partial charge in [0.1, 0.15) is 5.58 Å². The third-order valence-electron chi connectivity index (χ3n) is 8.34. The molecule has 0 saturated heterocycles. The van der Waals surface area contributed by atoms with Crippen molar-refractivity contribution in [1.29, 1.82) is 0 Å². The minimum Gasteiger partial charge on any atom is -0.501 e. The molecular formula is C44H41IrN3OSi-2. The second-order valence-corrected chi connectivity index (χ2v) is 19.3. The monoisotopic (exact) mass is 850 g/mol. The van der Waals surface area contributed by atoms with Crippen molar-refractivity contribution in [3.63, 3.8) is 0 Å². The minimum atomic E-state index is -1.70. The molecule has 0 N–H and O–H groups in total. The van der Waals surface area contributed by atoms with E-state index in [1.165, 1.54) is 0 Å². The Hall–Kier alpha value is -4.61. The van der Waals surface area contributed by atoms with E-state index in [0.29, 0.717) is 0 Å². The van der Waals surface area contributed by atoms with Crippen LogP contribution in [0.4, 0.5) is 0 Å². The van der Waals surface area contributed by atoms with Gasteiger partial charge in [0, 0.05) is 40.1 Å². The summed E-state index contributed by atoms with van der Waals surface area (Å²) in [7, 11) is -1.70. The van der Waals surface area contributed by atoms with Crippen LogP contribution in [0.3, 0.4) is 0 Å². The van der Waals surface area contributed by atoms with Crippen LogP contribution >= 0.6 is 0 Å². The second kappa shape index (κ2) is 14.3. The van der Waals surface area contributed by atoms with Gasteiger partial charge in [-0.3, -0.25) is 4.98 Å². The van der Waals surface area contributed by atoms with Gasteiger partial charge in [0.2, 0.25) is 0 Å². The molecule has 0 fully saturated rings. The maximum absolute atomic E-state index is 8.75. The Balaban J connectivity index is 0.000000179. The normalized spacial score (nSPS) is 12.6. The van der Waals surface area contributed by atoms with Gasteiger partial charge >= 0.3 is 0 Å². The number of nitrogens with zero attached hydrogens (tertiary/aromatic N) is 3. The largest absolute Gasteiger partial charge is 0.501 e. The quantitative estimate of drug-likeness (QED) is 0.128. The molecule has 3 heterocycles. The summed E-state index contributed by atoms with van der Waals surface area (Å²) >= 11 is 0. The third kappa shape index (κ3) is 7.29. The number of para-hydroxylation sites is 4. The number of aromatic nitrogens is 3. The Bertz CT molecular complexity index is 2480. The average Bonchev–Trinajstić information content (AvgIpc) is 3.70. The number of fused-ring (bicyclic) bond motifs is 4. The van der Waals surface area contributed by atoms with Crippen molar-refractivity contribution in [2.45, 2.75) is 46.8 Å². The van der Waals surface area contributed by atoms with E-state index in [4.69, 9.17) is 12.1 Å². The van der Waals surface area contributed by atoms with Gasteiger partial charge in [-0.2, -0.15) is 0 Å². The predicted molar refractivity (Wildman–Crippen MR) is 207 cm³/mol. The predicted octanol–water partition coefficient (Wildman–Crippen LogP) is 11.1. The average molecular weight is 850 g/mol. The van der Waals surface area contributed by atoms with Gasteiger partial charge in [-0.15, -0.1) is 54.1 Å². The fourth-order valence-electron chi connectivity index (χ4n) is 6.15. The SMILES string of the molecule is [2H]C([2H])(c1cc(-c2[c-]cccc2)ncc1[Si](C)(C)C)C(C)(C)C.[Ir].[c-]1ccc2c(oc3ccccc32)c1-c1nc2ccccc2n1-c1ccccc1.